The average molecular weight is 274 g/mol. The first-order chi connectivity index (χ1) is 9.52. The van der Waals surface area contributed by atoms with Crippen molar-refractivity contribution in [2.45, 2.75) is 13.0 Å². The predicted molar refractivity (Wildman–Crippen MR) is 74.4 cm³/mol. The van der Waals surface area contributed by atoms with E-state index in [1.807, 2.05) is 6.92 Å². The number of nitrogens with zero attached hydrogens (tertiary/aromatic N) is 2. The fourth-order valence-corrected chi connectivity index (χ4v) is 2.09. The van der Waals surface area contributed by atoms with Crippen molar-refractivity contribution in [2.24, 2.45) is 0 Å². The van der Waals surface area contributed by atoms with Crippen molar-refractivity contribution in [3.05, 3.63) is 59.7 Å². The van der Waals surface area contributed by atoms with Crippen LogP contribution >= 0.6 is 0 Å². The van der Waals surface area contributed by atoms with E-state index in [1.165, 1.54) is 18.5 Å². The lowest BCUT2D eigenvalue weighted by molar-refractivity contribution is 0.0697. The number of carboxylic acid groups (broad SMARTS) is 1. The SMILES string of the molecule is CC(c1ccccc1F)N(C)c1ccncc1C(=O)O. The van der Waals surface area contributed by atoms with Crippen molar-refractivity contribution in [2.75, 3.05) is 11.9 Å². The second kappa shape index (κ2) is 5.69. The quantitative estimate of drug-likeness (QED) is 0.930. The van der Waals surface area contributed by atoms with Gasteiger partial charge in [0.25, 0.3) is 0 Å². The van der Waals surface area contributed by atoms with E-state index < -0.39 is 5.97 Å². The Morgan fingerprint density at radius 3 is 2.70 bits per heavy atom. The van der Waals surface area contributed by atoms with Crippen molar-refractivity contribution in [3.63, 3.8) is 0 Å². The highest BCUT2D eigenvalue weighted by Crippen LogP contribution is 2.28. The Morgan fingerprint density at radius 1 is 1.35 bits per heavy atom. The lowest BCUT2D eigenvalue weighted by atomic mass is 10.1. The molecule has 1 N–H and O–H groups in total. The summed E-state index contributed by atoms with van der Waals surface area (Å²) >= 11 is 0. The lowest BCUT2D eigenvalue weighted by Crippen LogP contribution is -2.24. The van der Waals surface area contributed by atoms with E-state index in [-0.39, 0.29) is 17.4 Å². The largest absolute Gasteiger partial charge is 0.478 e. The van der Waals surface area contributed by atoms with Crippen LogP contribution in [0.5, 0.6) is 0 Å². The van der Waals surface area contributed by atoms with Crippen LogP contribution in [-0.2, 0) is 0 Å². The second-order valence-corrected chi connectivity index (χ2v) is 4.51. The van der Waals surface area contributed by atoms with Crippen molar-refractivity contribution in [1.29, 1.82) is 0 Å². The summed E-state index contributed by atoms with van der Waals surface area (Å²) in [6.07, 6.45) is 2.81. The van der Waals surface area contributed by atoms with E-state index in [2.05, 4.69) is 4.98 Å². The summed E-state index contributed by atoms with van der Waals surface area (Å²) in [5, 5.41) is 9.18. The minimum atomic E-state index is -1.05. The molecule has 2 rings (SSSR count). The van der Waals surface area contributed by atoms with E-state index in [9.17, 15) is 14.3 Å². The summed E-state index contributed by atoms with van der Waals surface area (Å²) in [5.74, 6) is -1.36. The number of pyridine rings is 1. The standard InChI is InChI=1S/C15H15FN2O2/c1-10(11-5-3-4-6-13(11)16)18(2)14-7-8-17-9-12(14)15(19)20/h3-10H,1-2H3,(H,19,20). The third kappa shape index (κ3) is 2.61. The zero-order valence-corrected chi connectivity index (χ0v) is 11.2. The fraction of sp³-hybridized carbons (Fsp3) is 0.200. The van der Waals surface area contributed by atoms with Gasteiger partial charge in [-0.25, -0.2) is 9.18 Å². The van der Waals surface area contributed by atoms with Crippen LogP contribution in [0.4, 0.5) is 10.1 Å². The van der Waals surface area contributed by atoms with E-state index in [1.54, 1.807) is 36.2 Å². The molecule has 4 nitrogen and oxygen atoms in total. The summed E-state index contributed by atoms with van der Waals surface area (Å²) in [4.78, 5) is 16.8. The number of aromatic nitrogens is 1. The van der Waals surface area contributed by atoms with Gasteiger partial charge in [0.2, 0.25) is 0 Å². The average Bonchev–Trinajstić information content (AvgIpc) is 2.46. The van der Waals surface area contributed by atoms with Crippen molar-refractivity contribution >= 4 is 11.7 Å². The fourth-order valence-electron chi connectivity index (χ4n) is 2.09. The molecule has 0 radical (unpaired) electrons. The van der Waals surface area contributed by atoms with Gasteiger partial charge in [-0.3, -0.25) is 4.98 Å². The molecule has 0 saturated carbocycles. The minimum absolute atomic E-state index is 0.0955. The number of benzene rings is 1. The van der Waals surface area contributed by atoms with Crippen LogP contribution in [-0.4, -0.2) is 23.1 Å². The van der Waals surface area contributed by atoms with Gasteiger partial charge in [-0.05, 0) is 19.1 Å². The van der Waals surface area contributed by atoms with Crippen LogP contribution in [0.3, 0.4) is 0 Å². The number of aromatic carboxylic acids is 1. The van der Waals surface area contributed by atoms with Gasteiger partial charge in [-0.15, -0.1) is 0 Å². The summed E-state index contributed by atoms with van der Waals surface area (Å²) in [6.45, 7) is 1.82. The van der Waals surface area contributed by atoms with Crippen LogP contribution in [0.15, 0.2) is 42.7 Å². The van der Waals surface area contributed by atoms with Crippen molar-refractivity contribution in [1.82, 2.24) is 4.98 Å². The first-order valence-electron chi connectivity index (χ1n) is 6.17. The first kappa shape index (κ1) is 14.0. The Morgan fingerprint density at radius 2 is 2.05 bits per heavy atom. The smallest absolute Gasteiger partial charge is 0.339 e. The lowest BCUT2D eigenvalue weighted by Gasteiger charge is -2.28. The van der Waals surface area contributed by atoms with E-state index in [0.29, 0.717) is 11.3 Å². The van der Waals surface area contributed by atoms with Crippen molar-refractivity contribution in [3.8, 4) is 0 Å². The first-order valence-corrected chi connectivity index (χ1v) is 6.17. The molecule has 2 aromatic rings. The molecule has 1 aromatic carbocycles. The number of rotatable bonds is 4. The van der Waals surface area contributed by atoms with Gasteiger partial charge in [0, 0.05) is 25.0 Å². The minimum Gasteiger partial charge on any atom is -0.478 e. The molecular formula is C15H15FN2O2. The molecule has 104 valence electrons. The summed E-state index contributed by atoms with van der Waals surface area (Å²) in [6, 6.07) is 7.79. The van der Waals surface area contributed by atoms with Gasteiger partial charge < -0.3 is 10.0 Å². The molecule has 0 aliphatic rings. The Bertz CT molecular complexity index is 631. The summed E-state index contributed by atoms with van der Waals surface area (Å²) < 4.78 is 13.8. The maximum Gasteiger partial charge on any atom is 0.339 e. The maximum absolute atomic E-state index is 13.8. The highest BCUT2D eigenvalue weighted by molar-refractivity contribution is 5.94. The van der Waals surface area contributed by atoms with E-state index in [0.717, 1.165) is 0 Å². The Balaban J connectivity index is 2.39. The highest BCUT2D eigenvalue weighted by Gasteiger charge is 2.20. The Labute approximate surface area is 116 Å². The maximum atomic E-state index is 13.8. The van der Waals surface area contributed by atoms with E-state index >= 15 is 0 Å². The summed E-state index contributed by atoms with van der Waals surface area (Å²) in [5.41, 5.74) is 1.12. The molecule has 0 aliphatic carbocycles. The number of hydrogen-bond donors (Lipinski definition) is 1. The van der Waals surface area contributed by atoms with Gasteiger partial charge in [0.15, 0.2) is 0 Å². The topological polar surface area (TPSA) is 53.4 Å². The van der Waals surface area contributed by atoms with Crippen LogP contribution in [0.2, 0.25) is 0 Å². The molecule has 0 bridgehead atoms. The molecule has 1 unspecified atom stereocenters. The second-order valence-electron chi connectivity index (χ2n) is 4.51. The molecule has 20 heavy (non-hydrogen) atoms. The molecule has 0 spiro atoms. The Kier molecular flexibility index (Phi) is 3.98. The third-order valence-corrected chi connectivity index (χ3v) is 3.34. The van der Waals surface area contributed by atoms with Gasteiger partial charge in [-0.2, -0.15) is 0 Å². The van der Waals surface area contributed by atoms with Gasteiger partial charge in [0.1, 0.15) is 11.4 Å². The van der Waals surface area contributed by atoms with Gasteiger partial charge in [0.05, 0.1) is 11.7 Å². The monoisotopic (exact) mass is 274 g/mol. The molecular weight excluding hydrogens is 259 g/mol. The normalized spacial score (nSPS) is 11.9. The molecule has 0 amide bonds. The van der Waals surface area contributed by atoms with E-state index in [4.69, 9.17) is 0 Å². The number of halogens is 1. The van der Waals surface area contributed by atoms with Crippen molar-refractivity contribution < 1.29 is 14.3 Å². The van der Waals surface area contributed by atoms with Crippen LogP contribution in [0, 0.1) is 5.82 Å². The number of carboxylic acids is 1. The zero-order valence-electron chi connectivity index (χ0n) is 11.2. The molecule has 1 atom stereocenters. The molecule has 0 fully saturated rings. The molecule has 1 heterocycles. The molecule has 0 aliphatic heterocycles. The zero-order chi connectivity index (χ0) is 14.7. The van der Waals surface area contributed by atoms with Crippen LogP contribution in [0.25, 0.3) is 0 Å². The van der Waals surface area contributed by atoms with Crippen LogP contribution < -0.4 is 4.90 Å². The number of anilines is 1. The van der Waals surface area contributed by atoms with Gasteiger partial charge >= 0.3 is 5.97 Å². The van der Waals surface area contributed by atoms with Gasteiger partial charge in [-0.1, -0.05) is 18.2 Å². The number of hydrogen-bond acceptors (Lipinski definition) is 3. The number of carbonyl (C=O) groups is 1. The predicted octanol–water partition coefficient (Wildman–Crippen LogP) is 3.12. The van der Waals surface area contributed by atoms with Crippen LogP contribution in [0.1, 0.15) is 28.9 Å². The molecule has 5 heteroatoms. The Hall–Kier alpha value is -2.43. The third-order valence-electron chi connectivity index (χ3n) is 3.34. The molecule has 0 saturated heterocycles. The summed E-state index contributed by atoms with van der Waals surface area (Å²) in [7, 11) is 1.74. The molecule has 1 aromatic heterocycles. The highest BCUT2D eigenvalue weighted by atomic mass is 19.1.